The molecule has 0 unspecified atom stereocenters. The molecule has 0 bridgehead atoms. The molecule has 1 aliphatic carbocycles. The summed E-state index contributed by atoms with van der Waals surface area (Å²) in [6.45, 7) is 7.08. The first-order valence-corrected chi connectivity index (χ1v) is 7.47. The highest BCUT2D eigenvalue weighted by Crippen LogP contribution is 2.36. The molecule has 2 N–H and O–H groups in total. The lowest BCUT2D eigenvalue weighted by Gasteiger charge is -2.46. The molecule has 0 spiro atoms. The van der Waals surface area contributed by atoms with E-state index in [0.717, 1.165) is 18.9 Å². The van der Waals surface area contributed by atoms with Crippen molar-refractivity contribution in [1.82, 2.24) is 4.90 Å². The summed E-state index contributed by atoms with van der Waals surface area (Å²) in [5.74, 6) is 0.919. The average molecular weight is 252 g/mol. The molecule has 1 aliphatic heterocycles. The number of hydrogen-bond acceptors (Lipinski definition) is 2. The number of nitrogens with zero attached hydrogens (tertiary/aromatic N) is 1. The Bertz CT molecular complexity index is 306. The summed E-state index contributed by atoms with van der Waals surface area (Å²) in [5, 5.41) is 0. The quantitative estimate of drug-likeness (QED) is 0.779. The topological polar surface area (TPSA) is 46.3 Å². The minimum Gasteiger partial charge on any atom is -0.338 e. The maximum Gasteiger partial charge on any atom is 0.240 e. The molecule has 1 saturated carbocycles. The summed E-state index contributed by atoms with van der Waals surface area (Å²) in [5.41, 5.74) is 6.02. The van der Waals surface area contributed by atoms with Crippen molar-refractivity contribution in [2.24, 2.45) is 17.1 Å². The number of likely N-dealkylation sites (tertiary alicyclic amines) is 1. The van der Waals surface area contributed by atoms with Crippen LogP contribution in [0.3, 0.4) is 0 Å². The molecule has 1 amide bonds. The van der Waals surface area contributed by atoms with Crippen LogP contribution < -0.4 is 5.73 Å². The van der Waals surface area contributed by atoms with Crippen LogP contribution in [-0.4, -0.2) is 29.4 Å². The Morgan fingerprint density at radius 3 is 2.44 bits per heavy atom. The molecule has 0 aromatic rings. The Morgan fingerprint density at radius 1 is 1.17 bits per heavy atom. The fourth-order valence-electron chi connectivity index (χ4n) is 3.45. The van der Waals surface area contributed by atoms with Crippen LogP contribution in [0.2, 0.25) is 0 Å². The van der Waals surface area contributed by atoms with E-state index in [0.29, 0.717) is 6.04 Å². The van der Waals surface area contributed by atoms with E-state index < -0.39 is 0 Å². The summed E-state index contributed by atoms with van der Waals surface area (Å²) in [6, 6.07) is 0.117. The number of carbonyl (C=O) groups is 1. The maximum atomic E-state index is 12.6. The molecule has 2 fully saturated rings. The number of carbonyl (C=O) groups excluding carboxylic acids is 1. The van der Waals surface area contributed by atoms with Gasteiger partial charge in [-0.2, -0.15) is 0 Å². The van der Waals surface area contributed by atoms with Crippen LogP contribution in [0.4, 0.5) is 0 Å². The van der Waals surface area contributed by atoms with Crippen LogP contribution in [-0.2, 0) is 4.79 Å². The maximum absolute atomic E-state index is 12.6. The van der Waals surface area contributed by atoms with E-state index in [4.69, 9.17) is 5.73 Å². The molecule has 3 nitrogen and oxygen atoms in total. The molecular weight excluding hydrogens is 224 g/mol. The smallest absolute Gasteiger partial charge is 0.240 e. The van der Waals surface area contributed by atoms with Crippen LogP contribution >= 0.6 is 0 Å². The third-order valence-corrected chi connectivity index (χ3v) is 4.73. The summed E-state index contributed by atoms with van der Waals surface area (Å²) in [4.78, 5) is 14.7. The van der Waals surface area contributed by atoms with Gasteiger partial charge in [0.1, 0.15) is 0 Å². The standard InChI is InChI=1S/C15H28N2O/c1-15(2,3)13(16)14(18)17-10-6-8-11-7-4-5-9-12(11)17/h11-13H,4-10,16H2,1-3H3/t11-,12-,13-/m1/s1. The van der Waals surface area contributed by atoms with Gasteiger partial charge in [-0.3, -0.25) is 4.79 Å². The van der Waals surface area contributed by atoms with Crippen LogP contribution in [0, 0.1) is 11.3 Å². The Hall–Kier alpha value is -0.570. The first-order valence-electron chi connectivity index (χ1n) is 7.47. The van der Waals surface area contributed by atoms with Gasteiger partial charge in [-0.15, -0.1) is 0 Å². The van der Waals surface area contributed by atoms with Crippen molar-refractivity contribution < 1.29 is 4.79 Å². The van der Waals surface area contributed by atoms with Crippen molar-refractivity contribution in [3.05, 3.63) is 0 Å². The highest BCUT2D eigenvalue weighted by molar-refractivity contribution is 5.83. The highest BCUT2D eigenvalue weighted by atomic mass is 16.2. The SMILES string of the molecule is CC(C)(C)[C@H](N)C(=O)N1CCC[C@H]2CCCC[C@H]21. The summed E-state index contributed by atoms with van der Waals surface area (Å²) >= 11 is 0. The Balaban J connectivity index is 2.09. The average Bonchev–Trinajstić information content (AvgIpc) is 2.35. The molecule has 104 valence electrons. The van der Waals surface area contributed by atoms with Crippen LogP contribution in [0.15, 0.2) is 0 Å². The molecule has 2 aliphatic rings. The van der Waals surface area contributed by atoms with Crippen molar-refractivity contribution in [2.45, 2.75) is 71.4 Å². The zero-order chi connectivity index (χ0) is 13.3. The first-order chi connectivity index (χ1) is 8.41. The largest absolute Gasteiger partial charge is 0.338 e. The van der Waals surface area contributed by atoms with Crippen LogP contribution in [0.25, 0.3) is 0 Å². The second-order valence-electron chi connectivity index (χ2n) is 7.13. The Morgan fingerprint density at radius 2 is 1.78 bits per heavy atom. The van der Waals surface area contributed by atoms with E-state index in [1.807, 2.05) is 0 Å². The minimum atomic E-state index is -0.363. The Kier molecular flexibility index (Phi) is 4.00. The van der Waals surface area contributed by atoms with E-state index in [-0.39, 0.29) is 17.4 Å². The first kappa shape index (κ1) is 13.9. The predicted molar refractivity (Wildman–Crippen MR) is 74.1 cm³/mol. The van der Waals surface area contributed by atoms with Crippen molar-refractivity contribution in [1.29, 1.82) is 0 Å². The second-order valence-corrected chi connectivity index (χ2v) is 7.13. The van der Waals surface area contributed by atoms with Gasteiger partial charge in [0.25, 0.3) is 0 Å². The van der Waals surface area contributed by atoms with Crippen LogP contribution in [0.1, 0.15) is 59.3 Å². The molecule has 3 heteroatoms. The van der Waals surface area contributed by atoms with Gasteiger partial charge in [0.05, 0.1) is 6.04 Å². The molecular formula is C15H28N2O. The van der Waals surface area contributed by atoms with E-state index in [2.05, 4.69) is 25.7 Å². The van der Waals surface area contributed by atoms with Gasteiger partial charge in [0, 0.05) is 12.6 Å². The lowest BCUT2D eigenvalue weighted by molar-refractivity contribution is -0.141. The molecule has 0 radical (unpaired) electrons. The molecule has 1 saturated heterocycles. The summed E-state index contributed by atoms with van der Waals surface area (Å²) < 4.78 is 0. The zero-order valence-electron chi connectivity index (χ0n) is 12.1. The molecule has 0 aromatic carbocycles. The Labute approximate surface area is 111 Å². The third kappa shape index (κ3) is 2.71. The van der Waals surface area contributed by atoms with Gasteiger partial charge in [-0.1, -0.05) is 33.6 Å². The minimum absolute atomic E-state index is 0.140. The zero-order valence-corrected chi connectivity index (χ0v) is 12.1. The molecule has 2 rings (SSSR count). The summed E-state index contributed by atoms with van der Waals surface area (Å²) in [6.07, 6.45) is 7.57. The number of amides is 1. The van der Waals surface area contributed by atoms with Crippen molar-refractivity contribution in [3.63, 3.8) is 0 Å². The number of hydrogen-bond donors (Lipinski definition) is 1. The normalized spacial score (nSPS) is 30.8. The van der Waals surface area contributed by atoms with E-state index >= 15 is 0 Å². The fraction of sp³-hybridized carbons (Fsp3) is 0.933. The third-order valence-electron chi connectivity index (χ3n) is 4.73. The van der Waals surface area contributed by atoms with Gasteiger partial charge in [-0.05, 0) is 37.0 Å². The molecule has 0 aromatic heterocycles. The van der Waals surface area contributed by atoms with Gasteiger partial charge in [0.2, 0.25) is 5.91 Å². The van der Waals surface area contributed by atoms with Crippen molar-refractivity contribution >= 4 is 5.91 Å². The predicted octanol–water partition coefficient (Wildman–Crippen LogP) is 2.54. The monoisotopic (exact) mass is 252 g/mol. The number of piperidine rings is 1. The number of rotatable bonds is 1. The highest BCUT2D eigenvalue weighted by Gasteiger charge is 2.39. The number of fused-ring (bicyclic) bond motifs is 1. The van der Waals surface area contributed by atoms with Crippen molar-refractivity contribution in [3.8, 4) is 0 Å². The molecule has 18 heavy (non-hydrogen) atoms. The van der Waals surface area contributed by atoms with Gasteiger partial charge in [0.15, 0.2) is 0 Å². The lowest BCUT2D eigenvalue weighted by Crippen LogP contribution is -2.57. The lowest BCUT2D eigenvalue weighted by atomic mass is 9.77. The molecule has 1 heterocycles. The van der Waals surface area contributed by atoms with Gasteiger partial charge in [-0.25, -0.2) is 0 Å². The van der Waals surface area contributed by atoms with E-state index in [9.17, 15) is 4.79 Å². The van der Waals surface area contributed by atoms with E-state index in [1.54, 1.807) is 0 Å². The second kappa shape index (κ2) is 5.20. The van der Waals surface area contributed by atoms with Crippen molar-refractivity contribution in [2.75, 3.05) is 6.54 Å². The summed E-state index contributed by atoms with van der Waals surface area (Å²) in [7, 11) is 0. The van der Waals surface area contributed by atoms with Gasteiger partial charge < -0.3 is 10.6 Å². The number of nitrogens with two attached hydrogens (primary N) is 1. The van der Waals surface area contributed by atoms with E-state index in [1.165, 1.54) is 32.1 Å². The fourth-order valence-corrected chi connectivity index (χ4v) is 3.45. The van der Waals surface area contributed by atoms with Crippen LogP contribution in [0.5, 0.6) is 0 Å². The van der Waals surface area contributed by atoms with Gasteiger partial charge >= 0.3 is 0 Å². The molecule has 3 atom stereocenters.